The van der Waals surface area contributed by atoms with Gasteiger partial charge in [-0.1, -0.05) is 12.5 Å². The minimum Gasteiger partial charge on any atom is -0.382 e. The second-order valence-electron chi connectivity index (χ2n) is 5.50. The van der Waals surface area contributed by atoms with Gasteiger partial charge in [0.2, 0.25) is 0 Å². The summed E-state index contributed by atoms with van der Waals surface area (Å²) in [5, 5.41) is 6.20. The van der Waals surface area contributed by atoms with Crippen molar-refractivity contribution in [2.24, 2.45) is 17.6 Å². The molecule has 3 rings (SSSR count). The fourth-order valence-corrected chi connectivity index (χ4v) is 3.46. The summed E-state index contributed by atoms with van der Waals surface area (Å²) in [5.41, 5.74) is 6.93. The van der Waals surface area contributed by atoms with E-state index in [4.69, 9.17) is 5.73 Å². The van der Waals surface area contributed by atoms with Gasteiger partial charge in [-0.2, -0.15) is 0 Å². The van der Waals surface area contributed by atoms with Crippen molar-refractivity contribution in [1.29, 1.82) is 0 Å². The summed E-state index contributed by atoms with van der Waals surface area (Å²) in [5.74, 6) is 1.77. The van der Waals surface area contributed by atoms with E-state index in [1.54, 1.807) is 0 Å². The number of benzene rings is 1. The molecule has 96 valence electrons. The van der Waals surface area contributed by atoms with E-state index in [0.29, 0.717) is 6.04 Å². The zero-order valence-corrected chi connectivity index (χ0v) is 10.4. The largest absolute Gasteiger partial charge is 0.382 e. The van der Waals surface area contributed by atoms with Gasteiger partial charge in [0.05, 0.1) is 0 Å². The van der Waals surface area contributed by atoms with E-state index in [0.717, 1.165) is 23.2 Å². The Morgan fingerprint density at radius 2 is 2.06 bits per heavy atom. The molecule has 2 aliphatic carbocycles. The van der Waals surface area contributed by atoms with Crippen molar-refractivity contribution < 1.29 is 4.79 Å². The lowest BCUT2D eigenvalue weighted by atomic mass is 9.95. The molecule has 0 aromatic heterocycles. The molecule has 4 nitrogen and oxygen atoms in total. The number of fused-ring (bicyclic) bond motifs is 2. The number of anilines is 2. The molecule has 2 fully saturated rings. The van der Waals surface area contributed by atoms with Gasteiger partial charge in [-0.05, 0) is 49.3 Å². The number of hydrogen-bond donors (Lipinski definition) is 3. The predicted octanol–water partition coefficient (Wildman–Crippen LogP) is 2.78. The number of urea groups is 1. The molecule has 4 heteroatoms. The molecular weight excluding hydrogens is 226 g/mol. The first-order valence-electron chi connectivity index (χ1n) is 6.64. The molecule has 2 saturated carbocycles. The lowest BCUT2D eigenvalue weighted by Crippen LogP contribution is -2.26. The number of nitrogens with two attached hydrogens (primary N) is 1. The van der Waals surface area contributed by atoms with Crippen LogP contribution in [0.3, 0.4) is 0 Å². The third kappa shape index (κ3) is 2.28. The van der Waals surface area contributed by atoms with Gasteiger partial charge in [0.25, 0.3) is 0 Å². The fraction of sp³-hybridized carbons (Fsp3) is 0.500. The molecule has 3 atom stereocenters. The summed E-state index contributed by atoms with van der Waals surface area (Å²) in [7, 11) is 0. The number of amides is 2. The average molecular weight is 245 g/mol. The SMILES string of the molecule is NC(=O)Nc1cccc(NC2CC3CCC2C3)c1. The first kappa shape index (κ1) is 11.4. The Kier molecular flexibility index (Phi) is 2.86. The van der Waals surface area contributed by atoms with Crippen molar-refractivity contribution in [3.8, 4) is 0 Å². The smallest absolute Gasteiger partial charge is 0.316 e. The Balaban J connectivity index is 1.67. The van der Waals surface area contributed by atoms with E-state index in [2.05, 4.69) is 10.6 Å². The van der Waals surface area contributed by atoms with E-state index in [9.17, 15) is 4.79 Å². The molecule has 0 saturated heterocycles. The van der Waals surface area contributed by atoms with Crippen LogP contribution in [0, 0.1) is 11.8 Å². The number of carbonyl (C=O) groups is 1. The van der Waals surface area contributed by atoms with Gasteiger partial charge in [-0.25, -0.2) is 4.79 Å². The summed E-state index contributed by atoms with van der Waals surface area (Å²) in [6, 6.07) is 7.84. The third-order valence-electron chi connectivity index (χ3n) is 4.22. The van der Waals surface area contributed by atoms with Crippen LogP contribution in [0.25, 0.3) is 0 Å². The average Bonchev–Trinajstić information content (AvgIpc) is 2.90. The van der Waals surface area contributed by atoms with E-state index in [1.165, 1.54) is 25.7 Å². The van der Waals surface area contributed by atoms with Crippen molar-refractivity contribution in [3.63, 3.8) is 0 Å². The number of hydrogen-bond acceptors (Lipinski definition) is 2. The van der Waals surface area contributed by atoms with Crippen LogP contribution in [-0.2, 0) is 0 Å². The van der Waals surface area contributed by atoms with Gasteiger partial charge >= 0.3 is 6.03 Å². The molecule has 0 radical (unpaired) electrons. The lowest BCUT2D eigenvalue weighted by Gasteiger charge is -2.24. The topological polar surface area (TPSA) is 67.2 Å². The van der Waals surface area contributed by atoms with Gasteiger partial charge in [-0.3, -0.25) is 0 Å². The first-order valence-corrected chi connectivity index (χ1v) is 6.64. The lowest BCUT2D eigenvalue weighted by molar-refractivity contribution is 0.259. The molecule has 2 bridgehead atoms. The van der Waals surface area contributed by atoms with Crippen molar-refractivity contribution in [2.45, 2.75) is 31.7 Å². The predicted molar refractivity (Wildman–Crippen MR) is 72.5 cm³/mol. The number of primary amides is 1. The van der Waals surface area contributed by atoms with Gasteiger partial charge in [0, 0.05) is 17.4 Å². The molecule has 4 N–H and O–H groups in total. The highest BCUT2D eigenvalue weighted by atomic mass is 16.2. The van der Waals surface area contributed by atoms with Crippen molar-refractivity contribution >= 4 is 17.4 Å². The van der Waals surface area contributed by atoms with Crippen LogP contribution in [0.2, 0.25) is 0 Å². The minimum atomic E-state index is -0.521. The summed E-state index contributed by atoms with van der Waals surface area (Å²) >= 11 is 0. The molecule has 1 aromatic carbocycles. The van der Waals surface area contributed by atoms with Gasteiger partial charge < -0.3 is 16.4 Å². The molecule has 3 unspecified atom stereocenters. The molecule has 0 heterocycles. The van der Waals surface area contributed by atoms with Crippen molar-refractivity contribution in [1.82, 2.24) is 0 Å². The summed E-state index contributed by atoms with van der Waals surface area (Å²) in [6.45, 7) is 0. The Bertz CT molecular complexity index is 460. The van der Waals surface area contributed by atoms with E-state index in [1.807, 2.05) is 24.3 Å². The van der Waals surface area contributed by atoms with E-state index in [-0.39, 0.29) is 0 Å². The monoisotopic (exact) mass is 245 g/mol. The highest BCUT2D eigenvalue weighted by Gasteiger charge is 2.39. The minimum absolute atomic E-state index is 0.521. The van der Waals surface area contributed by atoms with Crippen LogP contribution in [0.1, 0.15) is 25.7 Å². The molecule has 18 heavy (non-hydrogen) atoms. The van der Waals surface area contributed by atoms with E-state index < -0.39 is 6.03 Å². The molecule has 1 aromatic rings. The second kappa shape index (κ2) is 4.52. The van der Waals surface area contributed by atoms with Gasteiger partial charge in [-0.15, -0.1) is 0 Å². The maximum Gasteiger partial charge on any atom is 0.316 e. The van der Waals surface area contributed by atoms with Crippen molar-refractivity contribution in [3.05, 3.63) is 24.3 Å². The molecule has 0 aliphatic heterocycles. The Hall–Kier alpha value is -1.71. The highest BCUT2D eigenvalue weighted by Crippen LogP contribution is 2.45. The van der Waals surface area contributed by atoms with Crippen molar-refractivity contribution in [2.75, 3.05) is 10.6 Å². The molecule has 2 amide bonds. The zero-order valence-electron chi connectivity index (χ0n) is 10.4. The van der Waals surface area contributed by atoms with Crippen LogP contribution in [0.15, 0.2) is 24.3 Å². The third-order valence-corrected chi connectivity index (χ3v) is 4.22. The zero-order chi connectivity index (χ0) is 12.5. The van der Waals surface area contributed by atoms with Gasteiger partial charge in [0.1, 0.15) is 0 Å². The van der Waals surface area contributed by atoms with E-state index >= 15 is 0 Å². The van der Waals surface area contributed by atoms with Crippen LogP contribution in [0.5, 0.6) is 0 Å². The molecular formula is C14H19N3O. The van der Waals surface area contributed by atoms with Crippen LogP contribution in [-0.4, -0.2) is 12.1 Å². The standard InChI is InChI=1S/C14H19N3O/c15-14(18)17-12-3-1-2-11(8-12)16-13-7-9-4-5-10(13)6-9/h1-3,8-10,13,16H,4-7H2,(H3,15,17,18). The maximum atomic E-state index is 10.8. The Morgan fingerprint density at radius 3 is 2.72 bits per heavy atom. The first-order chi connectivity index (χ1) is 8.70. The highest BCUT2D eigenvalue weighted by molar-refractivity contribution is 5.88. The second-order valence-corrected chi connectivity index (χ2v) is 5.50. The molecule has 0 spiro atoms. The Labute approximate surface area is 107 Å². The molecule has 2 aliphatic rings. The quantitative estimate of drug-likeness (QED) is 0.766. The van der Waals surface area contributed by atoms with Crippen LogP contribution in [0.4, 0.5) is 16.2 Å². The van der Waals surface area contributed by atoms with Crippen LogP contribution >= 0.6 is 0 Å². The number of nitrogens with one attached hydrogen (secondary N) is 2. The summed E-state index contributed by atoms with van der Waals surface area (Å²) < 4.78 is 0. The number of rotatable bonds is 3. The fourth-order valence-electron chi connectivity index (χ4n) is 3.46. The summed E-state index contributed by atoms with van der Waals surface area (Å²) in [6.07, 6.45) is 5.45. The number of carbonyl (C=O) groups excluding carboxylic acids is 1. The summed E-state index contributed by atoms with van der Waals surface area (Å²) in [4.78, 5) is 10.8. The maximum absolute atomic E-state index is 10.8. The van der Waals surface area contributed by atoms with Gasteiger partial charge in [0.15, 0.2) is 0 Å². The van der Waals surface area contributed by atoms with Crippen LogP contribution < -0.4 is 16.4 Å². The normalized spacial score (nSPS) is 29.2. The Morgan fingerprint density at radius 1 is 1.22 bits per heavy atom.